The third kappa shape index (κ3) is 5.38. The highest BCUT2D eigenvalue weighted by atomic mass is 19.4. The van der Waals surface area contributed by atoms with Crippen LogP contribution in [0.1, 0.15) is 25.0 Å². The molecule has 0 atom stereocenters. The van der Waals surface area contributed by atoms with Crippen LogP contribution in [0.2, 0.25) is 0 Å². The summed E-state index contributed by atoms with van der Waals surface area (Å²) in [6.45, 7) is 5.10. The average molecular weight is 290 g/mol. The second kappa shape index (κ2) is 6.95. The Kier molecular flexibility index (Phi) is 5.83. The summed E-state index contributed by atoms with van der Waals surface area (Å²) in [5, 5.41) is 0. The third-order valence-corrected chi connectivity index (χ3v) is 2.80. The molecule has 0 radical (unpaired) electrons. The Hall–Kier alpha value is -1.27. The SMILES string of the molecule is CC(C)OCCN(C)Cc1ccc(N)cc1C(F)(F)F. The number of likely N-dealkylation sites (N-methyl/N-ethyl adjacent to an activating group) is 1. The van der Waals surface area contributed by atoms with Crippen molar-refractivity contribution in [3.05, 3.63) is 29.3 Å². The number of nitrogens with zero attached hydrogens (tertiary/aromatic N) is 1. The van der Waals surface area contributed by atoms with Crippen molar-refractivity contribution in [3.63, 3.8) is 0 Å². The van der Waals surface area contributed by atoms with E-state index in [1.165, 1.54) is 12.1 Å². The summed E-state index contributed by atoms with van der Waals surface area (Å²) in [5.41, 5.74) is 5.10. The molecule has 0 aromatic heterocycles. The van der Waals surface area contributed by atoms with E-state index in [-0.39, 0.29) is 23.9 Å². The van der Waals surface area contributed by atoms with E-state index in [0.29, 0.717) is 13.2 Å². The molecule has 0 heterocycles. The number of nitrogens with two attached hydrogens (primary N) is 1. The van der Waals surface area contributed by atoms with E-state index in [1.807, 2.05) is 13.8 Å². The van der Waals surface area contributed by atoms with Crippen molar-refractivity contribution in [2.45, 2.75) is 32.7 Å². The van der Waals surface area contributed by atoms with E-state index in [9.17, 15) is 13.2 Å². The zero-order valence-corrected chi connectivity index (χ0v) is 12.0. The number of rotatable bonds is 6. The molecule has 0 aliphatic heterocycles. The normalized spacial score (nSPS) is 12.4. The van der Waals surface area contributed by atoms with Crippen LogP contribution in [-0.4, -0.2) is 31.2 Å². The van der Waals surface area contributed by atoms with Gasteiger partial charge in [-0.1, -0.05) is 6.07 Å². The largest absolute Gasteiger partial charge is 0.416 e. The molecule has 1 aromatic carbocycles. The molecule has 0 saturated carbocycles. The Bertz CT molecular complexity index is 433. The second-order valence-corrected chi connectivity index (χ2v) is 5.07. The van der Waals surface area contributed by atoms with Crippen LogP contribution in [0, 0.1) is 0 Å². The molecular formula is C14H21F3N2O. The van der Waals surface area contributed by atoms with Gasteiger partial charge in [-0.25, -0.2) is 0 Å². The van der Waals surface area contributed by atoms with Crippen molar-refractivity contribution >= 4 is 5.69 Å². The van der Waals surface area contributed by atoms with Gasteiger partial charge < -0.3 is 10.5 Å². The first-order valence-corrected chi connectivity index (χ1v) is 6.46. The zero-order chi connectivity index (χ0) is 15.3. The van der Waals surface area contributed by atoms with Crippen molar-refractivity contribution in [2.24, 2.45) is 0 Å². The highest BCUT2D eigenvalue weighted by Crippen LogP contribution is 2.33. The highest BCUT2D eigenvalue weighted by Gasteiger charge is 2.33. The quantitative estimate of drug-likeness (QED) is 0.818. The minimum atomic E-state index is -4.39. The molecule has 0 unspecified atom stereocenters. The molecule has 0 saturated heterocycles. The molecule has 114 valence electrons. The third-order valence-electron chi connectivity index (χ3n) is 2.80. The summed E-state index contributed by atoms with van der Waals surface area (Å²) in [6, 6.07) is 3.90. The van der Waals surface area contributed by atoms with Gasteiger partial charge in [-0.15, -0.1) is 0 Å². The molecule has 1 aromatic rings. The summed E-state index contributed by atoms with van der Waals surface area (Å²) in [7, 11) is 1.76. The van der Waals surface area contributed by atoms with Gasteiger partial charge in [-0.3, -0.25) is 4.90 Å². The number of halogens is 3. The van der Waals surface area contributed by atoms with Crippen LogP contribution in [0.25, 0.3) is 0 Å². The standard InChI is InChI=1S/C14H21F3N2O/c1-10(2)20-7-6-19(3)9-11-4-5-12(18)8-13(11)14(15,16)17/h4-5,8,10H,6-7,9,18H2,1-3H3. The van der Waals surface area contributed by atoms with E-state index < -0.39 is 11.7 Å². The fourth-order valence-corrected chi connectivity index (χ4v) is 1.81. The van der Waals surface area contributed by atoms with E-state index in [0.717, 1.165) is 6.07 Å². The van der Waals surface area contributed by atoms with Gasteiger partial charge in [0.15, 0.2) is 0 Å². The van der Waals surface area contributed by atoms with Gasteiger partial charge in [-0.05, 0) is 38.6 Å². The molecule has 0 amide bonds. The monoisotopic (exact) mass is 290 g/mol. The lowest BCUT2D eigenvalue weighted by Crippen LogP contribution is -2.25. The summed E-state index contributed by atoms with van der Waals surface area (Å²) < 4.78 is 44.2. The molecule has 2 N–H and O–H groups in total. The first kappa shape index (κ1) is 16.8. The van der Waals surface area contributed by atoms with E-state index in [1.54, 1.807) is 11.9 Å². The molecule has 0 spiro atoms. The average Bonchev–Trinajstić information content (AvgIpc) is 2.29. The molecule has 6 heteroatoms. The Morgan fingerprint density at radius 3 is 2.50 bits per heavy atom. The van der Waals surface area contributed by atoms with Crippen molar-refractivity contribution in [3.8, 4) is 0 Å². The number of ether oxygens (including phenoxy) is 1. The number of anilines is 1. The highest BCUT2D eigenvalue weighted by molar-refractivity contribution is 5.46. The zero-order valence-electron chi connectivity index (χ0n) is 12.0. The minimum Gasteiger partial charge on any atom is -0.399 e. The van der Waals surface area contributed by atoms with Gasteiger partial charge in [0.2, 0.25) is 0 Å². The molecule has 0 fully saturated rings. The first-order chi connectivity index (χ1) is 9.20. The lowest BCUT2D eigenvalue weighted by atomic mass is 10.1. The van der Waals surface area contributed by atoms with Gasteiger partial charge in [0.25, 0.3) is 0 Å². The Labute approximate surface area is 117 Å². The smallest absolute Gasteiger partial charge is 0.399 e. The van der Waals surface area contributed by atoms with Crippen LogP contribution in [0.15, 0.2) is 18.2 Å². The van der Waals surface area contributed by atoms with Crippen LogP contribution in [0.3, 0.4) is 0 Å². The van der Waals surface area contributed by atoms with Crippen molar-refractivity contribution in [1.82, 2.24) is 4.90 Å². The van der Waals surface area contributed by atoms with Gasteiger partial charge >= 0.3 is 6.18 Å². The predicted octanol–water partition coefficient (Wildman–Crippen LogP) is 3.14. The minimum absolute atomic E-state index is 0.116. The fraction of sp³-hybridized carbons (Fsp3) is 0.571. The van der Waals surface area contributed by atoms with Crippen molar-refractivity contribution in [2.75, 3.05) is 25.9 Å². The van der Waals surface area contributed by atoms with Crippen LogP contribution >= 0.6 is 0 Å². The second-order valence-electron chi connectivity index (χ2n) is 5.07. The van der Waals surface area contributed by atoms with E-state index in [4.69, 9.17) is 10.5 Å². The number of hydrogen-bond acceptors (Lipinski definition) is 3. The number of hydrogen-bond donors (Lipinski definition) is 1. The van der Waals surface area contributed by atoms with Crippen LogP contribution < -0.4 is 5.73 Å². The molecular weight excluding hydrogens is 269 g/mol. The molecule has 0 aliphatic rings. The van der Waals surface area contributed by atoms with Gasteiger partial charge in [0.05, 0.1) is 18.3 Å². The van der Waals surface area contributed by atoms with Gasteiger partial charge in [0.1, 0.15) is 0 Å². The maximum absolute atomic E-state index is 12.9. The molecule has 0 bridgehead atoms. The summed E-state index contributed by atoms with van der Waals surface area (Å²) in [4.78, 5) is 1.79. The topological polar surface area (TPSA) is 38.5 Å². The van der Waals surface area contributed by atoms with E-state index in [2.05, 4.69) is 0 Å². The maximum atomic E-state index is 12.9. The van der Waals surface area contributed by atoms with E-state index >= 15 is 0 Å². The lowest BCUT2D eigenvalue weighted by Gasteiger charge is -2.20. The summed E-state index contributed by atoms with van der Waals surface area (Å²) >= 11 is 0. The summed E-state index contributed by atoms with van der Waals surface area (Å²) in [5.74, 6) is 0. The molecule has 1 rings (SSSR count). The predicted molar refractivity (Wildman–Crippen MR) is 73.3 cm³/mol. The van der Waals surface area contributed by atoms with Crippen molar-refractivity contribution in [1.29, 1.82) is 0 Å². The van der Waals surface area contributed by atoms with Crippen LogP contribution in [0.4, 0.5) is 18.9 Å². The Morgan fingerprint density at radius 2 is 1.95 bits per heavy atom. The lowest BCUT2D eigenvalue weighted by molar-refractivity contribution is -0.138. The molecule has 20 heavy (non-hydrogen) atoms. The Morgan fingerprint density at radius 1 is 1.30 bits per heavy atom. The van der Waals surface area contributed by atoms with Gasteiger partial charge in [-0.2, -0.15) is 13.2 Å². The number of benzene rings is 1. The maximum Gasteiger partial charge on any atom is 0.416 e. The summed E-state index contributed by atoms with van der Waals surface area (Å²) in [6.07, 6.45) is -4.27. The first-order valence-electron chi connectivity index (χ1n) is 6.46. The fourth-order valence-electron chi connectivity index (χ4n) is 1.81. The number of nitrogen functional groups attached to an aromatic ring is 1. The van der Waals surface area contributed by atoms with Crippen LogP contribution in [0.5, 0.6) is 0 Å². The van der Waals surface area contributed by atoms with Gasteiger partial charge in [0, 0.05) is 18.8 Å². The molecule has 0 aliphatic carbocycles. The Balaban J connectivity index is 2.72. The molecule has 3 nitrogen and oxygen atoms in total. The van der Waals surface area contributed by atoms with Crippen LogP contribution in [-0.2, 0) is 17.5 Å². The van der Waals surface area contributed by atoms with Crippen molar-refractivity contribution < 1.29 is 17.9 Å². The number of alkyl halides is 3.